The van der Waals surface area contributed by atoms with E-state index in [2.05, 4.69) is 54.4 Å². The maximum absolute atomic E-state index is 12.7. The van der Waals surface area contributed by atoms with Gasteiger partial charge in [0, 0.05) is 0 Å². The van der Waals surface area contributed by atoms with Gasteiger partial charge in [-0.2, -0.15) is 109 Å². The van der Waals surface area contributed by atoms with E-state index in [0.29, 0.717) is 6.92 Å². The first-order valence-corrected chi connectivity index (χ1v) is 40.3. The van der Waals surface area contributed by atoms with E-state index >= 15 is 0 Å². The summed E-state index contributed by atoms with van der Waals surface area (Å²) in [5, 5.41) is 0. The molecule has 0 aliphatic carbocycles. The quantitative estimate of drug-likeness (QED) is 0.0262. The predicted molar refractivity (Wildman–Crippen MR) is 268 cm³/mol. The van der Waals surface area contributed by atoms with E-state index < -0.39 is 278 Å². The van der Waals surface area contributed by atoms with Crippen molar-refractivity contribution in [3.8, 4) is 0 Å². The van der Waals surface area contributed by atoms with Crippen LogP contribution in [0.25, 0.3) is 0 Å². The topological polar surface area (TPSA) is 891 Å². The molecule has 59 nitrogen and oxygen atoms in total. The normalized spacial score (nSPS) is 33.4. The molecule has 20 atom stereocenters. The third-order valence-corrected chi connectivity index (χ3v) is 16.8. The number of hydrogen-bond acceptors (Lipinski definition) is 46. The number of ether oxygens (including phenoxy) is 7. The molecule has 0 amide bonds. The first-order valence-electron chi connectivity index (χ1n) is 22.5. The number of rotatable bonds is 35. The van der Waals surface area contributed by atoms with Gasteiger partial charge in [0.25, 0.3) is 0 Å². The summed E-state index contributed by atoms with van der Waals surface area (Å²) < 4.78 is 533. The maximum Gasteiger partial charge on any atom is 0.397 e. The van der Waals surface area contributed by atoms with E-state index in [4.69, 9.17) is 33.2 Å². The summed E-state index contributed by atoms with van der Waals surface area (Å²) in [6.07, 6.45) is -69.3. The molecule has 0 bridgehead atoms. The largest absolute Gasteiger partial charge is 0.397 e. The summed E-state index contributed by atoms with van der Waals surface area (Å²) in [5.74, 6) is 0. The highest BCUT2D eigenvalue weighted by Crippen LogP contribution is 2.41. The Morgan fingerprint density at radius 1 is 0.229 bits per heavy atom. The second-order valence-electron chi connectivity index (χ2n) is 17.7. The Morgan fingerprint density at radius 2 is 0.438 bits per heavy atom. The Kier molecular flexibility index (Phi) is 28.1. The Balaban J connectivity index is 2.12. The lowest BCUT2D eigenvalue weighted by Gasteiger charge is -2.49. The fraction of sp³-hybridized carbons (Fsp3) is 1.00. The molecule has 0 aromatic rings. The molecule has 72 heteroatoms. The minimum Gasteiger partial charge on any atom is -0.347 e. The molecule has 96 heavy (non-hydrogen) atoms. The lowest BCUT2D eigenvalue weighted by atomic mass is 9.96. The fourth-order valence-corrected chi connectivity index (χ4v) is 14.3. The monoisotopic (exact) mass is 1690 g/mol. The van der Waals surface area contributed by atoms with Gasteiger partial charge in [-0.05, 0) is 6.92 Å². The van der Waals surface area contributed by atoms with Gasteiger partial charge >= 0.3 is 135 Å². The van der Waals surface area contributed by atoms with Crippen molar-refractivity contribution in [2.75, 3.05) is 19.8 Å². The Bertz CT molecular complexity index is 4300. The van der Waals surface area contributed by atoms with Crippen molar-refractivity contribution in [1.82, 2.24) is 0 Å². The van der Waals surface area contributed by atoms with Crippen LogP contribution in [0.5, 0.6) is 0 Å². The van der Waals surface area contributed by atoms with Crippen molar-refractivity contribution < 1.29 is 256 Å². The van der Waals surface area contributed by atoms with Crippen LogP contribution in [0, 0.1) is 0 Å². The molecule has 0 radical (unpaired) electrons. The molecule has 4 aliphatic rings. The summed E-state index contributed by atoms with van der Waals surface area (Å²) in [6.45, 7) is -6.15. The van der Waals surface area contributed by atoms with Crippen LogP contribution in [0.1, 0.15) is 6.92 Å². The van der Waals surface area contributed by atoms with Crippen LogP contribution in [0.4, 0.5) is 0 Å². The van der Waals surface area contributed by atoms with Gasteiger partial charge in [0.2, 0.25) is 0 Å². The highest BCUT2D eigenvalue weighted by atomic mass is 32.3. The molecule has 0 aromatic heterocycles. The standard InChI is InChI=1S/C24H42O59S13/c1-5-9(73-86(31,32)33)13(76-89(40,41)42)17(80-93(52,53)54)21(67-5)64-2-6-11(74-87(34,35)36)15(78-91(46,47)48)19(82-95(58,59)60)22(68-6)71-10-7(3-65-84(25,26)27)69-23(18(81-94(55,56)57)14(10)77-90(43,44)45)72-24-20(83-96(61,62)63)16(79-92(49,50)51)12(75-88(37,38)39)8(70-24)4-66-85(28,29)30/h5-24H,2-4H2,1H3,(H,25,26,27)(H,28,29,30)(H,31,32,33)(H,34,35,36)(H,37,38,39)(H,40,41,42)(H,43,44,45)(H,46,47,48)(H,49,50,51)(H,52,53,54)(H,55,56,57)(H,58,59,60)(H,61,62,63)/t5-,6+,7+,8+,9-,10+,11+,12+,13+,14-,15-,16-,17+,18+,19+,20+,21+,22-,23+,24+/m0/s1. The van der Waals surface area contributed by atoms with Crippen LogP contribution in [0.15, 0.2) is 0 Å². The molecule has 4 fully saturated rings. The van der Waals surface area contributed by atoms with Gasteiger partial charge < -0.3 is 33.2 Å². The summed E-state index contributed by atoms with van der Waals surface area (Å²) in [5.41, 5.74) is 0. The summed E-state index contributed by atoms with van der Waals surface area (Å²) in [7, 11) is -82.9. The van der Waals surface area contributed by atoms with Crippen LogP contribution in [-0.4, -0.2) is 311 Å². The van der Waals surface area contributed by atoms with Crippen LogP contribution in [-0.2, 0) is 223 Å². The number of hydrogen-bond donors (Lipinski definition) is 13. The molecule has 570 valence electrons. The van der Waals surface area contributed by atoms with Crippen LogP contribution in [0.3, 0.4) is 0 Å². The molecule has 4 heterocycles. The van der Waals surface area contributed by atoms with E-state index in [-0.39, 0.29) is 0 Å². The zero-order valence-corrected chi connectivity index (χ0v) is 55.2. The van der Waals surface area contributed by atoms with Gasteiger partial charge in [0.1, 0.15) is 67.1 Å². The Labute approximate surface area is 537 Å². The molecule has 0 unspecified atom stereocenters. The fourth-order valence-electron chi connectivity index (χ4n) is 8.18. The van der Waals surface area contributed by atoms with Crippen molar-refractivity contribution in [2.45, 2.75) is 130 Å². The van der Waals surface area contributed by atoms with Gasteiger partial charge in [0.15, 0.2) is 49.6 Å². The first kappa shape index (κ1) is 86.4. The SMILES string of the molecule is C[C@@H]1O[C@@H](OC[C@H]2O[C@@H](O[C@H]3[C@H](OS(=O)(=O)O)[C@@H](OS(=O)(=O)O)[C@@H](O[C@H]4O[C@H](COS(=O)(=O)O)[C@@H](OS(=O)(=O)O)[C@H](OS(=O)(=O)O)[C@H]4OS(=O)(=O)O)O[C@@H]3COS(=O)(=O)O)[C@H](OS(=O)(=O)O)[C@@H](OS(=O)(=O)O)[C@@H]2OS(=O)(=O)O)[C@H](OS(=O)(=O)O)[C@H](OS(=O)(=O)O)[C@H]1OS(=O)(=O)O. The second-order valence-corrected chi connectivity index (χ2v) is 31.4. The lowest BCUT2D eigenvalue weighted by Crippen LogP contribution is -2.68. The van der Waals surface area contributed by atoms with Crippen molar-refractivity contribution in [2.24, 2.45) is 0 Å². The van der Waals surface area contributed by atoms with Crippen LogP contribution < -0.4 is 0 Å². The Morgan fingerprint density at radius 3 is 0.719 bits per heavy atom. The van der Waals surface area contributed by atoms with E-state index in [1.807, 2.05) is 0 Å². The average Bonchev–Trinajstić information content (AvgIpc) is 0.766. The summed E-state index contributed by atoms with van der Waals surface area (Å²) >= 11 is 0. The van der Waals surface area contributed by atoms with Crippen LogP contribution >= 0.6 is 0 Å². The summed E-state index contributed by atoms with van der Waals surface area (Å²) in [4.78, 5) is 0. The highest BCUT2D eigenvalue weighted by molar-refractivity contribution is 7.83. The second kappa shape index (κ2) is 31.2. The van der Waals surface area contributed by atoms with Gasteiger partial charge in [0.05, 0.1) is 25.9 Å². The van der Waals surface area contributed by atoms with Crippen molar-refractivity contribution >= 4 is 135 Å². The molecule has 4 saturated heterocycles. The van der Waals surface area contributed by atoms with Crippen molar-refractivity contribution in [1.29, 1.82) is 0 Å². The third kappa shape index (κ3) is 30.5. The van der Waals surface area contributed by atoms with Gasteiger partial charge in [-0.1, -0.05) is 0 Å². The molecule has 4 rings (SSSR count). The lowest BCUT2D eigenvalue weighted by molar-refractivity contribution is -0.383. The van der Waals surface area contributed by atoms with Gasteiger partial charge in [-0.15, -0.1) is 0 Å². The van der Waals surface area contributed by atoms with Crippen LogP contribution in [0.2, 0.25) is 0 Å². The molecule has 4 aliphatic heterocycles. The van der Waals surface area contributed by atoms with E-state index in [1.165, 1.54) is 0 Å². The van der Waals surface area contributed by atoms with Gasteiger partial charge in [-0.25, -0.2) is 54.4 Å². The molecule has 0 saturated carbocycles. The minimum absolute atomic E-state index is 0.545. The van der Waals surface area contributed by atoms with Crippen molar-refractivity contribution in [3.05, 3.63) is 0 Å². The first-order chi connectivity index (χ1) is 42.5. The summed E-state index contributed by atoms with van der Waals surface area (Å²) in [6, 6.07) is 0. The van der Waals surface area contributed by atoms with E-state index in [9.17, 15) is 169 Å². The average molecular weight is 1690 g/mol. The molecule has 13 N–H and O–H groups in total. The zero-order chi connectivity index (χ0) is 74.3. The Hall–Kier alpha value is -1.97. The minimum atomic E-state index is -6.74. The highest BCUT2D eigenvalue weighted by Gasteiger charge is 2.62. The third-order valence-electron chi connectivity index (χ3n) is 10.8. The molecular weight excluding hydrogens is 1650 g/mol. The molecule has 0 spiro atoms. The van der Waals surface area contributed by atoms with E-state index in [0.717, 1.165) is 0 Å². The smallest absolute Gasteiger partial charge is 0.347 e. The van der Waals surface area contributed by atoms with Gasteiger partial charge in [-0.3, -0.25) is 59.2 Å². The zero-order valence-electron chi connectivity index (χ0n) is 44.6. The maximum atomic E-state index is 12.7. The predicted octanol–water partition coefficient (Wildman–Crippen LogP) is -11.0. The molecule has 0 aromatic carbocycles. The van der Waals surface area contributed by atoms with E-state index in [1.54, 1.807) is 0 Å². The molecular formula is C24H42O59S13. The van der Waals surface area contributed by atoms with Crippen molar-refractivity contribution in [3.63, 3.8) is 0 Å².